The van der Waals surface area contributed by atoms with Crippen LogP contribution in [-0.2, 0) is 11.3 Å². The third kappa shape index (κ3) is 10.9. The van der Waals surface area contributed by atoms with Crippen LogP contribution in [0.2, 0.25) is 0 Å². The molecule has 0 radical (unpaired) electrons. The molecule has 0 aliphatic carbocycles. The number of rotatable bonds is 9. The number of alkyl halides is 2. The molecule has 1 rings (SSSR count). The Labute approximate surface area is 176 Å². The molecule has 0 fully saturated rings. The SMILES string of the molecule is CCNC(=NCCC(=O)NC(C)C)N(C)Cc1ccc(OC(F)F)cc1.I. The van der Waals surface area contributed by atoms with E-state index < -0.39 is 6.61 Å². The number of benzene rings is 1. The summed E-state index contributed by atoms with van der Waals surface area (Å²) in [7, 11) is 1.87. The van der Waals surface area contributed by atoms with E-state index in [9.17, 15) is 13.6 Å². The molecule has 1 aromatic rings. The summed E-state index contributed by atoms with van der Waals surface area (Å²) in [5.41, 5.74) is 0.928. The Balaban J connectivity index is 0.00000676. The van der Waals surface area contributed by atoms with Crippen LogP contribution in [0.1, 0.15) is 32.8 Å². The lowest BCUT2D eigenvalue weighted by molar-refractivity contribution is -0.121. The minimum absolute atomic E-state index is 0. The molecule has 0 aromatic heterocycles. The molecule has 6 nitrogen and oxygen atoms in total. The third-order valence-electron chi connectivity index (χ3n) is 3.31. The van der Waals surface area contributed by atoms with Crippen LogP contribution in [0.15, 0.2) is 29.3 Å². The minimum atomic E-state index is -2.83. The van der Waals surface area contributed by atoms with Crippen LogP contribution in [0.3, 0.4) is 0 Å². The van der Waals surface area contributed by atoms with Gasteiger partial charge in [0.1, 0.15) is 5.75 Å². The molecule has 1 amide bonds. The molecule has 0 spiro atoms. The minimum Gasteiger partial charge on any atom is -0.435 e. The van der Waals surface area contributed by atoms with Gasteiger partial charge < -0.3 is 20.3 Å². The number of carbonyl (C=O) groups is 1. The van der Waals surface area contributed by atoms with E-state index in [2.05, 4.69) is 20.4 Å². The van der Waals surface area contributed by atoms with Crippen molar-refractivity contribution in [2.45, 2.75) is 46.4 Å². The van der Waals surface area contributed by atoms with Gasteiger partial charge in [-0.15, -0.1) is 24.0 Å². The Hall–Kier alpha value is -1.65. The van der Waals surface area contributed by atoms with E-state index in [0.717, 1.165) is 5.56 Å². The monoisotopic (exact) mass is 498 g/mol. The van der Waals surface area contributed by atoms with Crippen LogP contribution in [0.5, 0.6) is 5.75 Å². The fourth-order valence-corrected chi connectivity index (χ4v) is 2.25. The molecule has 154 valence electrons. The molecule has 0 saturated heterocycles. The van der Waals surface area contributed by atoms with E-state index in [1.165, 1.54) is 12.1 Å². The van der Waals surface area contributed by atoms with Crippen LogP contribution in [-0.4, -0.2) is 49.6 Å². The van der Waals surface area contributed by atoms with Gasteiger partial charge in [0.15, 0.2) is 5.96 Å². The number of hydrogen-bond donors (Lipinski definition) is 2. The maximum Gasteiger partial charge on any atom is 0.387 e. The Morgan fingerprint density at radius 1 is 1.26 bits per heavy atom. The summed E-state index contributed by atoms with van der Waals surface area (Å²) in [4.78, 5) is 18.1. The summed E-state index contributed by atoms with van der Waals surface area (Å²) in [5.74, 6) is 0.776. The topological polar surface area (TPSA) is 66.0 Å². The van der Waals surface area contributed by atoms with Gasteiger partial charge in [0.05, 0.1) is 6.54 Å². The standard InChI is InChI=1S/C18H28F2N4O2.HI/c1-5-21-18(22-11-10-16(25)23-13(2)3)24(4)12-14-6-8-15(9-7-14)26-17(19)20;/h6-9,13,17H,5,10-12H2,1-4H3,(H,21,22)(H,23,25);1H. The van der Waals surface area contributed by atoms with Crippen LogP contribution in [0, 0.1) is 0 Å². The number of nitrogens with zero attached hydrogens (tertiary/aromatic N) is 2. The number of amides is 1. The molecule has 0 heterocycles. The molecule has 0 aliphatic rings. The van der Waals surface area contributed by atoms with E-state index in [0.29, 0.717) is 32.0 Å². The molecule has 2 N–H and O–H groups in total. The summed E-state index contributed by atoms with van der Waals surface area (Å²) in [6.07, 6.45) is 0.320. The van der Waals surface area contributed by atoms with Crippen LogP contribution in [0.4, 0.5) is 8.78 Å². The largest absolute Gasteiger partial charge is 0.435 e. The van der Waals surface area contributed by atoms with Crippen LogP contribution in [0.25, 0.3) is 0 Å². The first-order chi connectivity index (χ1) is 12.3. The van der Waals surface area contributed by atoms with E-state index in [4.69, 9.17) is 0 Å². The van der Waals surface area contributed by atoms with Crippen molar-refractivity contribution < 1.29 is 18.3 Å². The van der Waals surface area contributed by atoms with Gasteiger partial charge in [-0.2, -0.15) is 8.78 Å². The molecule has 0 unspecified atom stereocenters. The van der Waals surface area contributed by atoms with Crippen molar-refractivity contribution in [3.05, 3.63) is 29.8 Å². The van der Waals surface area contributed by atoms with E-state index >= 15 is 0 Å². The average molecular weight is 498 g/mol. The quantitative estimate of drug-likeness (QED) is 0.312. The second kappa shape index (κ2) is 13.5. The fourth-order valence-electron chi connectivity index (χ4n) is 2.25. The van der Waals surface area contributed by atoms with Gasteiger partial charge in [-0.25, -0.2) is 0 Å². The second-order valence-electron chi connectivity index (χ2n) is 6.09. The fraction of sp³-hybridized carbons (Fsp3) is 0.556. The summed E-state index contributed by atoms with van der Waals surface area (Å²) in [6, 6.07) is 6.59. The number of hydrogen-bond acceptors (Lipinski definition) is 3. The summed E-state index contributed by atoms with van der Waals surface area (Å²) in [6.45, 7) is 4.58. The van der Waals surface area contributed by atoms with E-state index in [1.54, 1.807) is 12.1 Å². The highest BCUT2D eigenvalue weighted by molar-refractivity contribution is 14.0. The Kier molecular flexibility index (Phi) is 12.7. The van der Waals surface area contributed by atoms with Gasteiger partial charge in [-0.05, 0) is 38.5 Å². The zero-order valence-electron chi connectivity index (χ0n) is 16.2. The first-order valence-electron chi connectivity index (χ1n) is 8.64. The van der Waals surface area contributed by atoms with Crippen molar-refractivity contribution in [1.82, 2.24) is 15.5 Å². The summed E-state index contributed by atoms with van der Waals surface area (Å²) in [5, 5.41) is 6.00. The van der Waals surface area contributed by atoms with E-state index in [1.807, 2.05) is 32.7 Å². The third-order valence-corrected chi connectivity index (χ3v) is 3.31. The van der Waals surface area contributed by atoms with E-state index in [-0.39, 0.29) is 41.7 Å². The molecule has 27 heavy (non-hydrogen) atoms. The van der Waals surface area contributed by atoms with Crippen molar-refractivity contribution >= 4 is 35.8 Å². The predicted octanol–water partition coefficient (Wildman–Crippen LogP) is 3.22. The Morgan fingerprint density at radius 3 is 2.41 bits per heavy atom. The molecular weight excluding hydrogens is 469 g/mol. The number of ether oxygens (including phenoxy) is 1. The number of carbonyl (C=O) groups excluding carboxylic acids is 1. The second-order valence-corrected chi connectivity index (χ2v) is 6.09. The average Bonchev–Trinajstić information content (AvgIpc) is 2.54. The Bertz CT molecular complexity index is 583. The van der Waals surface area contributed by atoms with Gasteiger partial charge in [-0.1, -0.05) is 12.1 Å². The lowest BCUT2D eigenvalue weighted by Crippen LogP contribution is -2.38. The zero-order valence-corrected chi connectivity index (χ0v) is 18.5. The van der Waals surface area contributed by atoms with Crippen molar-refractivity contribution in [1.29, 1.82) is 0 Å². The maximum atomic E-state index is 12.2. The number of guanidine groups is 1. The normalized spacial score (nSPS) is 11.2. The Morgan fingerprint density at radius 2 is 1.89 bits per heavy atom. The lowest BCUT2D eigenvalue weighted by Gasteiger charge is -2.22. The lowest BCUT2D eigenvalue weighted by atomic mass is 10.2. The summed E-state index contributed by atoms with van der Waals surface area (Å²) >= 11 is 0. The van der Waals surface area contributed by atoms with Crippen molar-refractivity contribution in [2.75, 3.05) is 20.1 Å². The number of nitrogens with one attached hydrogen (secondary N) is 2. The van der Waals surface area contributed by atoms with Crippen molar-refractivity contribution in [3.63, 3.8) is 0 Å². The molecule has 0 saturated carbocycles. The first kappa shape index (κ1) is 25.4. The summed E-state index contributed by atoms with van der Waals surface area (Å²) < 4.78 is 28.7. The van der Waals surface area contributed by atoms with Crippen LogP contribution >= 0.6 is 24.0 Å². The highest BCUT2D eigenvalue weighted by atomic mass is 127. The van der Waals surface area contributed by atoms with Gasteiger partial charge in [0.2, 0.25) is 5.91 Å². The molecular formula is C18H29F2IN4O2. The molecule has 9 heteroatoms. The van der Waals surface area contributed by atoms with Gasteiger partial charge >= 0.3 is 6.61 Å². The van der Waals surface area contributed by atoms with Crippen molar-refractivity contribution in [3.8, 4) is 5.75 Å². The zero-order chi connectivity index (χ0) is 19.5. The maximum absolute atomic E-state index is 12.2. The number of aliphatic imine (C=N–C) groups is 1. The molecule has 1 aromatic carbocycles. The molecule has 0 bridgehead atoms. The number of halogens is 3. The van der Waals surface area contributed by atoms with Gasteiger partial charge in [-0.3, -0.25) is 9.79 Å². The van der Waals surface area contributed by atoms with Gasteiger partial charge in [0, 0.05) is 32.6 Å². The first-order valence-corrected chi connectivity index (χ1v) is 8.64. The van der Waals surface area contributed by atoms with Gasteiger partial charge in [0.25, 0.3) is 0 Å². The highest BCUT2D eigenvalue weighted by Gasteiger charge is 2.09. The predicted molar refractivity (Wildman–Crippen MR) is 114 cm³/mol. The molecule has 0 aliphatic heterocycles. The van der Waals surface area contributed by atoms with Crippen molar-refractivity contribution in [2.24, 2.45) is 4.99 Å². The molecule has 0 atom stereocenters. The smallest absolute Gasteiger partial charge is 0.387 e. The highest BCUT2D eigenvalue weighted by Crippen LogP contribution is 2.15. The van der Waals surface area contributed by atoms with Crippen LogP contribution < -0.4 is 15.4 Å².